The molecule has 1 atom stereocenters. The first kappa shape index (κ1) is 18.6. The minimum atomic E-state index is -3.87. The number of hydrogen-bond acceptors (Lipinski definition) is 6. The summed E-state index contributed by atoms with van der Waals surface area (Å²) in [6.45, 7) is 4.97. The van der Waals surface area contributed by atoms with Crippen molar-refractivity contribution in [1.82, 2.24) is 0 Å². The van der Waals surface area contributed by atoms with Gasteiger partial charge in [0.1, 0.15) is 0 Å². The molecule has 1 aromatic rings. The molecule has 0 aliphatic carbocycles. The fourth-order valence-electron chi connectivity index (χ4n) is 1.76. The molecule has 1 rings (SSSR count). The van der Waals surface area contributed by atoms with Crippen LogP contribution in [-0.4, -0.2) is 38.3 Å². The van der Waals surface area contributed by atoms with Crippen molar-refractivity contribution in [2.45, 2.75) is 44.1 Å². The molecular weight excluding hydrogens is 308 g/mol. The minimum Gasteiger partial charge on any atom is -0.466 e. The Morgan fingerprint density at radius 2 is 1.86 bits per heavy atom. The monoisotopic (exact) mass is 330 g/mol. The van der Waals surface area contributed by atoms with Gasteiger partial charge in [0.05, 0.1) is 30.1 Å². The van der Waals surface area contributed by atoms with Gasteiger partial charge in [-0.3, -0.25) is 8.98 Å². The zero-order valence-corrected chi connectivity index (χ0v) is 13.9. The van der Waals surface area contributed by atoms with E-state index in [1.807, 2.05) is 6.92 Å². The maximum atomic E-state index is 12.0. The van der Waals surface area contributed by atoms with Crippen LogP contribution in [0.2, 0.25) is 0 Å². The van der Waals surface area contributed by atoms with Gasteiger partial charge in [0.25, 0.3) is 10.1 Å². The van der Waals surface area contributed by atoms with Crippen LogP contribution >= 0.6 is 0 Å². The average molecular weight is 330 g/mol. The van der Waals surface area contributed by atoms with E-state index < -0.39 is 21.7 Å². The van der Waals surface area contributed by atoms with Crippen molar-refractivity contribution in [2.24, 2.45) is 0 Å². The van der Waals surface area contributed by atoms with Crippen molar-refractivity contribution in [3.8, 4) is 0 Å². The summed E-state index contributed by atoms with van der Waals surface area (Å²) in [7, 11) is -3.87. The lowest BCUT2D eigenvalue weighted by molar-refractivity contribution is -0.148. The van der Waals surface area contributed by atoms with Gasteiger partial charge in [0, 0.05) is 6.42 Å². The standard InChI is InChI=1S/C15H22O6S/c1-4-20-14(16)11-15(3,17)9-10-21-22(18,19)13-7-5-12(2)6-8-13/h5-8,17H,4,9-11H2,1-3H3. The Kier molecular flexibility index (Phi) is 6.52. The molecule has 0 aliphatic heterocycles. The highest BCUT2D eigenvalue weighted by molar-refractivity contribution is 7.86. The number of benzene rings is 1. The highest BCUT2D eigenvalue weighted by Crippen LogP contribution is 2.18. The van der Waals surface area contributed by atoms with E-state index in [2.05, 4.69) is 0 Å². The van der Waals surface area contributed by atoms with Crippen LogP contribution in [0.4, 0.5) is 0 Å². The van der Waals surface area contributed by atoms with E-state index in [1.165, 1.54) is 19.1 Å². The number of aryl methyl sites for hydroxylation is 1. The molecule has 1 N–H and O–H groups in total. The molecule has 0 heterocycles. The second kappa shape index (κ2) is 7.71. The number of carbonyl (C=O) groups excluding carboxylic acids is 1. The van der Waals surface area contributed by atoms with E-state index in [4.69, 9.17) is 8.92 Å². The lowest BCUT2D eigenvalue weighted by Gasteiger charge is -2.21. The second-order valence-corrected chi connectivity index (χ2v) is 6.93. The maximum absolute atomic E-state index is 12.0. The van der Waals surface area contributed by atoms with Gasteiger partial charge in [-0.15, -0.1) is 0 Å². The highest BCUT2D eigenvalue weighted by Gasteiger charge is 2.26. The molecule has 7 heteroatoms. The van der Waals surface area contributed by atoms with Crippen LogP contribution in [0.5, 0.6) is 0 Å². The maximum Gasteiger partial charge on any atom is 0.308 e. The van der Waals surface area contributed by atoms with E-state index in [9.17, 15) is 18.3 Å². The third-order valence-electron chi connectivity index (χ3n) is 3.02. The normalized spacial score (nSPS) is 14.4. The molecule has 1 aromatic carbocycles. The van der Waals surface area contributed by atoms with E-state index in [1.54, 1.807) is 19.1 Å². The first-order valence-corrected chi connectivity index (χ1v) is 8.41. The highest BCUT2D eigenvalue weighted by atomic mass is 32.2. The van der Waals surface area contributed by atoms with Gasteiger partial charge in [-0.05, 0) is 32.9 Å². The predicted molar refractivity (Wildman–Crippen MR) is 80.8 cm³/mol. The summed E-state index contributed by atoms with van der Waals surface area (Å²) in [5, 5.41) is 10.0. The average Bonchev–Trinajstić information content (AvgIpc) is 2.38. The van der Waals surface area contributed by atoms with Crippen LogP contribution in [0.25, 0.3) is 0 Å². The van der Waals surface area contributed by atoms with Gasteiger partial charge < -0.3 is 9.84 Å². The van der Waals surface area contributed by atoms with Gasteiger partial charge >= 0.3 is 5.97 Å². The smallest absolute Gasteiger partial charge is 0.308 e. The zero-order valence-electron chi connectivity index (χ0n) is 13.0. The topological polar surface area (TPSA) is 89.9 Å². The third kappa shape index (κ3) is 6.13. The van der Waals surface area contributed by atoms with Crippen molar-refractivity contribution in [2.75, 3.05) is 13.2 Å². The van der Waals surface area contributed by atoms with Crippen molar-refractivity contribution in [3.05, 3.63) is 29.8 Å². The molecular formula is C15H22O6S. The lowest BCUT2D eigenvalue weighted by Crippen LogP contribution is -2.30. The van der Waals surface area contributed by atoms with Gasteiger partial charge in [0.2, 0.25) is 0 Å². The van der Waals surface area contributed by atoms with Crippen molar-refractivity contribution >= 4 is 16.1 Å². The summed E-state index contributed by atoms with van der Waals surface area (Å²) in [5.74, 6) is -0.533. The zero-order chi connectivity index (χ0) is 16.8. The second-order valence-electron chi connectivity index (χ2n) is 5.32. The summed E-state index contributed by atoms with van der Waals surface area (Å²) >= 11 is 0. The van der Waals surface area contributed by atoms with Crippen LogP contribution in [0.3, 0.4) is 0 Å². The predicted octanol–water partition coefficient (Wildman–Crippen LogP) is 1.79. The fraction of sp³-hybridized carbons (Fsp3) is 0.533. The summed E-state index contributed by atoms with van der Waals surface area (Å²) in [4.78, 5) is 11.4. The number of carbonyl (C=O) groups is 1. The van der Waals surface area contributed by atoms with Crippen LogP contribution in [0.1, 0.15) is 32.3 Å². The van der Waals surface area contributed by atoms with Crippen molar-refractivity contribution < 1.29 is 27.2 Å². The van der Waals surface area contributed by atoms with Crippen molar-refractivity contribution in [1.29, 1.82) is 0 Å². The van der Waals surface area contributed by atoms with Crippen LogP contribution in [-0.2, 0) is 23.8 Å². The number of hydrogen-bond donors (Lipinski definition) is 1. The molecule has 1 unspecified atom stereocenters. The fourth-order valence-corrected chi connectivity index (χ4v) is 2.66. The minimum absolute atomic E-state index is 0.00307. The van der Waals surface area contributed by atoms with E-state index in [0.717, 1.165) is 5.56 Å². The molecule has 0 aromatic heterocycles. The Hall–Kier alpha value is -1.44. The lowest BCUT2D eigenvalue weighted by atomic mass is 9.99. The van der Waals surface area contributed by atoms with E-state index >= 15 is 0 Å². The molecule has 0 amide bonds. The van der Waals surface area contributed by atoms with E-state index in [0.29, 0.717) is 0 Å². The molecule has 0 saturated carbocycles. The number of rotatable bonds is 8. The first-order valence-electron chi connectivity index (χ1n) is 7.00. The number of aliphatic hydroxyl groups is 1. The molecule has 0 saturated heterocycles. The molecule has 124 valence electrons. The Balaban J connectivity index is 2.55. The molecule has 0 spiro atoms. The third-order valence-corrected chi connectivity index (χ3v) is 4.35. The van der Waals surface area contributed by atoms with Crippen LogP contribution in [0, 0.1) is 6.92 Å². The van der Waals surface area contributed by atoms with E-state index in [-0.39, 0.29) is 31.0 Å². The Bertz CT molecular complexity index is 589. The molecule has 0 radical (unpaired) electrons. The molecule has 22 heavy (non-hydrogen) atoms. The van der Waals surface area contributed by atoms with Crippen LogP contribution in [0.15, 0.2) is 29.2 Å². The Morgan fingerprint density at radius 3 is 2.41 bits per heavy atom. The SMILES string of the molecule is CCOC(=O)CC(C)(O)CCOS(=O)(=O)c1ccc(C)cc1. The van der Waals surface area contributed by atoms with Gasteiger partial charge in [0.15, 0.2) is 0 Å². The van der Waals surface area contributed by atoms with Crippen molar-refractivity contribution in [3.63, 3.8) is 0 Å². The largest absolute Gasteiger partial charge is 0.466 e. The Labute approximate surface area is 131 Å². The molecule has 0 fully saturated rings. The van der Waals surface area contributed by atoms with Gasteiger partial charge in [-0.25, -0.2) is 0 Å². The number of esters is 1. The summed E-state index contributed by atoms with van der Waals surface area (Å²) in [6, 6.07) is 6.27. The molecule has 0 bridgehead atoms. The summed E-state index contributed by atoms with van der Waals surface area (Å²) in [6.07, 6.45) is -0.217. The molecule has 0 aliphatic rings. The van der Waals surface area contributed by atoms with Gasteiger partial charge in [-0.2, -0.15) is 8.42 Å². The first-order chi connectivity index (χ1) is 10.2. The molecule has 6 nitrogen and oxygen atoms in total. The quantitative estimate of drug-likeness (QED) is 0.577. The number of ether oxygens (including phenoxy) is 1. The summed E-state index contributed by atoms with van der Waals surface area (Å²) < 4.78 is 33.6. The Morgan fingerprint density at radius 1 is 1.27 bits per heavy atom. The van der Waals surface area contributed by atoms with Crippen LogP contribution < -0.4 is 0 Å². The van der Waals surface area contributed by atoms with Gasteiger partial charge in [-0.1, -0.05) is 17.7 Å². The summed E-state index contributed by atoms with van der Waals surface area (Å²) in [5.41, 5.74) is -0.439.